The Balaban J connectivity index is 1.98. The molecule has 0 aliphatic carbocycles. The van der Waals surface area contributed by atoms with Gasteiger partial charge in [-0.3, -0.25) is 19.2 Å². The highest BCUT2D eigenvalue weighted by molar-refractivity contribution is 5.69. The van der Waals surface area contributed by atoms with Gasteiger partial charge in [0.2, 0.25) is 5.79 Å². The van der Waals surface area contributed by atoms with Crippen molar-refractivity contribution in [3.63, 3.8) is 0 Å². The van der Waals surface area contributed by atoms with E-state index in [4.69, 9.17) is 28.4 Å². The standard InChI is InChI=1S/C28H39NO12/c1-18(30)36-17-23-24(38-19(2)31)25(39-20(3)32)26(40-21(4)33)28(35,41-23)14-10-5-6-11-15-29-27(34)37-16-22-12-8-7-9-13-22/h7-9,12-13,23-26,35H,5-6,10-11,14-17H2,1-4H3,(H,29,34)/t23-,24-,25+,26-,28+/m1/s1. The SMILES string of the molecule is CC(=O)OC[C@H]1O[C@@](O)(CCCCCCNC(=O)OCc2ccccc2)[C@H](OC(C)=O)[C@@H](OC(C)=O)[C@@H]1OC(C)=O. The van der Waals surface area contributed by atoms with Crippen LogP contribution in [-0.4, -0.2) is 78.4 Å². The summed E-state index contributed by atoms with van der Waals surface area (Å²) < 4.78 is 32.0. The monoisotopic (exact) mass is 581 g/mol. The molecular formula is C28H39NO12. The van der Waals surface area contributed by atoms with Crippen LogP contribution in [0.25, 0.3) is 0 Å². The van der Waals surface area contributed by atoms with Gasteiger partial charge in [-0.25, -0.2) is 4.79 Å². The van der Waals surface area contributed by atoms with E-state index >= 15 is 0 Å². The maximum atomic E-state index is 11.9. The van der Waals surface area contributed by atoms with Gasteiger partial charge in [0, 0.05) is 40.7 Å². The number of hydrogen-bond acceptors (Lipinski definition) is 12. The third-order valence-electron chi connectivity index (χ3n) is 6.08. The summed E-state index contributed by atoms with van der Waals surface area (Å²) in [6, 6.07) is 9.29. The van der Waals surface area contributed by atoms with Crippen LogP contribution >= 0.6 is 0 Å². The number of carbonyl (C=O) groups is 5. The number of alkyl carbamates (subject to hydrolysis) is 1. The van der Waals surface area contributed by atoms with E-state index in [1.165, 1.54) is 6.92 Å². The number of nitrogens with one attached hydrogen (secondary N) is 1. The Hall–Kier alpha value is -3.71. The molecule has 0 unspecified atom stereocenters. The van der Waals surface area contributed by atoms with Crippen LogP contribution in [0.3, 0.4) is 0 Å². The summed E-state index contributed by atoms with van der Waals surface area (Å²) in [4.78, 5) is 59.0. The molecule has 1 aliphatic rings. The van der Waals surface area contributed by atoms with E-state index in [9.17, 15) is 29.1 Å². The van der Waals surface area contributed by atoms with Gasteiger partial charge in [-0.1, -0.05) is 43.2 Å². The van der Waals surface area contributed by atoms with Crippen LogP contribution in [0.4, 0.5) is 4.79 Å². The molecule has 5 atom stereocenters. The highest BCUT2D eigenvalue weighted by atomic mass is 16.7. The number of hydrogen-bond donors (Lipinski definition) is 2. The average molecular weight is 582 g/mol. The van der Waals surface area contributed by atoms with Crippen molar-refractivity contribution in [2.24, 2.45) is 0 Å². The van der Waals surface area contributed by atoms with Crippen LogP contribution in [0.5, 0.6) is 0 Å². The molecule has 0 aromatic heterocycles. The molecule has 2 N–H and O–H groups in total. The van der Waals surface area contributed by atoms with Crippen LogP contribution < -0.4 is 5.32 Å². The number of amides is 1. The molecule has 0 saturated carbocycles. The zero-order valence-electron chi connectivity index (χ0n) is 23.8. The summed E-state index contributed by atoms with van der Waals surface area (Å²) in [6.07, 6.45) is -3.84. The van der Waals surface area contributed by atoms with E-state index in [0.29, 0.717) is 32.2 Å². The molecule has 0 spiro atoms. The summed E-state index contributed by atoms with van der Waals surface area (Å²) in [6.45, 7) is 4.62. The minimum absolute atomic E-state index is 0.0569. The second kappa shape index (κ2) is 16.5. The lowest BCUT2D eigenvalue weighted by atomic mass is 9.88. The molecule has 1 fully saturated rings. The van der Waals surface area contributed by atoms with Gasteiger partial charge in [-0.2, -0.15) is 0 Å². The van der Waals surface area contributed by atoms with Crippen molar-refractivity contribution in [3.05, 3.63) is 35.9 Å². The average Bonchev–Trinajstić information content (AvgIpc) is 2.89. The molecule has 1 aromatic carbocycles. The number of ether oxygens (including phenoxy) is 6. The third kappa shape index (κ3) is 11.7. The van der Waals surface area contributed by atoms with Gasteiger partial charge in [-0.05, 0) is 18.4 Å². The van der Waals surface area contributed by atoms with Crippen molar-refractivity contribution in [1.29, 1.82) is 0 Å². The van der Waals surface area contributed by atoms with Crippen molar-refractivity contribution in [2.75, 3.05) is 13.2 Å². The fourth-order valence-corrected chi connectivity index (χ4v) is 4.38. The van der Waals surface area contributed by atoms with E-state index in [1.54, 1.807) is 0 Å². The Labute approximate surface area is 238 Å². The van der Waals surface area contributed by atoms with Gasteiger partial charge in [-0.15, -0.1) is 0 Å². The van der Waals surface area contributed by atoms with Gasteiger partial charge < -0.3 is 38.8 Å². The number of aliphatic hydroxyl groups is 1. The Bertz CT molecular complexity index is 1030. The Morgan fingerprint density at radius 1 is 0.805 bits per heavy atom. The molecule has 1 aromatic rings. The molecule has 41 heavy (non-hydrogen) atoms. The number of benzene rings is 1. The molecule has 13 nitrogen and oxygen atoms in total. The maximum Gasteiger partial charge on any atom is 0.407 e. The molecule has 1 amide bonds. The first-order valence-electron chi connectivity index (χ1n) is 13.4. The molecule has 228 valence electrons. The van der Waals surface area contributed by atoms with Crippen molar-refractivity contribution < 1.29 is 57.5 Å². The lowest BCUT2D eigenvalue weighted by Gasteiger charge is -2.48. The van der Waals surface area contributed by atoms with Crippen molar-refractivity contribution in [3.8, 4) is 0 Å². The van der Waals surface area contributed by atoms with Gasteiger partial charge in [0.15, 0.2) is 18.3 Å². The summed E-state index contributed by atoms with van der Waals surface area (Å²) >= 11 is 0. The van der Waals surface area contributed by atoms with Gasteiger partial charge >= 0.3 is 30.0 Å². The molecule has 2 rings (SSSR count). The first kappa shape index (κ1) is 33.5. The van der Waals surface area contributed by atoms with Crippen LogP contribution in [0.1, 0.15) is 65.4 Å². The number of rotatable bonds is 14. The molecule has 1 heterocycles. The largest absolute Gasteiger partial charge is 0.463 e. The Kier molecular flexibility index (Phi) is 13.5. The molecule has 13 heteroatoms. The number of esters is 4. The topological polar surface area (TPSA) is 173 Å². The summed E-state index contributed by atoms with van der Waals surface area (Å²) in [7, 11) is 0. The zero-order valence-corrected chi connectivity index (χ0v) is 23.8. The molecular weight excluding hydrogens is 542 g/mol. The Morgan fingerprint density at radius 2 is 1.41 bits per heavy atom. The highest BCUT2D eigenvalue weighted by Gasteiger charge is 2.59. The molecule has 1 aliphatic heterocycles. The predicted octanol–water partition coefficient (Wildman–Crippen LogP) is 2.31. The van der Waals surface area contributed by atoms with Crippen molar-refractivity contribution in [2.45, 2.75) is 96.6 Å². The second-order valence-corrected chi connectivity index (χ2v) is 9.63. The quantitative estimate of drug-likeness (QED) is 0.187. The highest BCUT2D eigenvalue weighted by Crippen LogP contribution is 2.37. The minimum atomic E-state index is -2.16. The summed E-state index contributed by atoms with van der Waals surface area (Å²) in [5, 5.41) is 14.2. The first-order valence-corrected chi connectivity index (χ1v) is 13.4. The smallest absolute Gasteiger partial charge is 0.407 e. The van der Waals surface area contributed by atoms with Crippen LogP contribution in [-0.2, 0) is 54.2 Å². The predicted molar refractivity (Wildman–Crippen MR) is 141 cm³/mol. The van der Waals surface area contributed by atoms with E-state index in [1.807, 2.05) is 30.3 Å². The van der Waals surface area contributed by atoms with E-state index in [2.05, 4.69) is 5.32 Å². The lowest BCUT2D eigenvalue weighted by molar-refractivity contribution is -0.354. The van der Waals surface area contributed by atoms with Gasteiger partial charge in [0.1, 0.15) is 19.3 Å². The Morgan fingerprint density at radius 3 is 2.02 bits per heavy atom. The summed E-state index contributed by atoms with van der Waals surface area (Å²) in [5.74, 6) is -5.14. The molecule has 1 saturated heterocycles. The second-order valence-electron chi connectivity index (χ2n) is 9.63. The van der Waals surface area contributed by atoms with Crippen molar-refractivity contribution >= 4 is 30.0 Å². The minimum Gasteiger partial charge on any atom is -0.463 e. The van der Waals surface area contributed by atoms with Crippen LogP contribution in [0.15, 0.2) is 30.3 Å². The number of carbonyl (C=O) groups excluding carboxylic acids is 5. The fourth-order valence-electron chi connectivity index (χ4n) is 4.38. The molecule has 0 radical (unpaired) electrons. The maximum absolute atomic E-state index is 11.9. The van der Waals surface area contributed by atoms with Crippen molar-refractivity contribution in [1.82, 2.24) is 5.32 Å². The number of unbranched alkanes of at least 4 members (excludes halogenated alkanes) is 3. The third-order valence-corrected chi connectivity index (χ3v) is 6.08. The zero-order chi connectivity index (χ0) is 30.4. The lowest BCUT2D eigenvalue weighted by Crippen LogP contribution is -2.68. The fraction of sp³-hybridized carbons (Fsp3) is 0.607. The summed E-state index contributed by atoms with van der Waals surface area (Å²) in [5.41, 5.74) is 0.878. The normalized spacial score (nSPS) is 23.5. The van der Waals surface area contributed by atoms with E-state index in [-0.39, 0.29) is 13.0 Å². The molecule has 0 bridgehead atoms. The van der Waals surface area contributed by atoms with Crippen LogP contribution in [0, 0.1) is 0 Å². The van der Waals surface area contributed by atoms with E-state index in [0.717, 1.165) is 26.3 Å². The van der Waals surface area contributed by atoms with E-state index < -0.39 is 66.8 Å². The van der Waals surface area contributed by atoms with Gasteiger partial charge in [0.25, 0.3) is 0 Å². The van der Waals surface area contributed by atoms with Crippen LogP contribution in [0.2, 0.25) is 0 Å². The first-order chi connectivity index (χ1) is 19.4. The van der Waals surface area contributed by atoms with Gasteiger partial charge in [0.05, 0.1) is 0 Å².